The van der Waals surface area contributed by atoms with Crippen LogP contribution in [0, 0.1) is 0 Å². The molecule has 0 radical (unpaired) electrons. The second-order valence-corrected chi connectivity index (χ2v) is 9.42. The molecule has 148 valence electrons. The Kier molecular flexibility index (Phi) is 6.56. The van der Waals surface area contributed by atoms with Crippen molar-refractivity contribution in [2.24, 2.45) is 0 Å². The standard InChI is InChI=1S/C23H26Br2N2O/c24-19-9-10-22-20(14-19)17(8-11-23(28)26-12-4-1-5-13-26)15-27(22)16-18-6-2-3-7-21(18)25/h2-3,6-7,9-10,14-15,23,28H,1,4-5,8,11-13,16H2. The van der Waals surface area contributed by atoms with Crippen molar-refractivity contribution in [2.45, 2.75) is 44.9 Å². The summed E-state index contributed by atoms with van der Waals surface area (Å²) in [5.74, 6) is 0. The molecule has 0 saturated carbocycles. The van der Waals surface area contributed by atoms with Gasteiger partial charge in [-0.2, -0.15) is 0 Å². The van der Waals surface area contributed by atoms with Gasteiger partial charge in [0.05, 0.1) is 0 Å². The van der Waals surface area contributed by atoms with Gasteiger partial charge in [0.25, 0.3) is 0 Å². The second-order valence-electron chi connectivity index (χ2n) is 7.65. The number of halogens is 2. The van der Waals surface area contributed by atoms with Gasteiger partial charge >= 0.3 is 0 Å². The normalized spacial score (nSPS) is 16.5. The molecule has 1 fully saturated rings. The number of nitrogens with zero attached hydrogens (tertiary/aromatic N) is 2. The lowest BCUT2D eigenvalue weighted by Crippen LogP contribution is -2.39. The van der Waals surface area contributed by atoms with E-state index in [4.69, 9.17) is 0 Å². The van der Waals surface area contributed by atoms with Crippen LogP contribution >= 0.6 is 31.9 Å². The third kappa shape index (κ3) is 4.54. The molecule has 0 bridgehead atoms. The van der Waals surface area contributed by atoms with E-state index in [2.05, 4.69) is 83.9 Å². The number of aliphatic hydroxyl groups is 1. The number of fused-ring (bicyclic) bond motifs is 1. The lowest BCUT2D eigenvalue weighted by Gasteiger charge is -2.31. The average Bonchev–Trinajstić information content (AvgIpc) is 3.05. The minimum Gasteiger partial charge on any atom is -0.378 e. The minimum atomic E-state index is -0.339. The zero-order valence-corrected chi connectivity index (χ0v) is 19.1. The van der Waals surface area contributed by atoms with Crippen LogP contribution in [0.4, 0.5) is 0 Å². The molecule has 5 heteroatoms. The molecule has 1 aliphatic heterocycles. The minimum absolute atomic E-state index is 0.339. The van der Waals surface area contributed by atoms with E-state index in [-0.39, 0.29) is 6.23 Å². The van der Waals surface area contributed by atoms with Gasteiger partial charge in [0.15, 0.2) is 0 Å². The van der Waals surface area contributed by atoms with Gasteiger partial charge in [0, 0.05) is 45.7 Å². The molecular weight excluding hydrogens is 480 g/mol. The number of hydrogen-bond donors (Lipinski definition) is 1. The van der Waals surface area contributed by atoms with Gasteiger partial charge in [0.1, 0.15) is 6.23 Å². The molecule has 0 amide bonds. The smallest absolute Gasteiger partial charge is 0.107 e. The van der Waals surface area contributed by atoms with E-state index in [1.165, 1.54) is 41.3 Å². The van der Waals surface area contributed by atoms with Crippen molar-refractivity contribution in [1.29, 1.82) is 0 Å². The predicted molar refractivity (Wildman–Crippen MR) is 123 cm³/mol. The number of aliphatic hydroxyl groups excluding tert-OH is 1. The Balaban J connectivity index is 1.57. The number of aromatic nitrogens is 1. The maximum atomic E-state index is 10.6. The Bertz CT molecular complexity index is 947. The lowest BCUT2D eigenvalue weighted by molar-refractivity contribution is -0.0129. The number of benzene rings is 2. The molecule has 3 nitrogen and oxygen atoms in total. The highest BCUT2D eigenvalue weighted by atomic mass is 79.9. The summed E-state index contributed by atoms with van der Waals surface area (Å²) in [5.41, 5.74) is 3.81. The van der Waals surface area contributed by atoms with Crippen molar-refractivity contribution < 1.29 is 5.11 Å². The maximum absolute atomic E-state index is 10.6. The molecule has 2 aromatic carbocycles. The van der Waals surface area contributed by atoms with E-state index in [9.17, 15) is 5.11 Å². The van der Waals surface area contributed by atoms with Gasteiger partial charge in [-0.25, -0.2) is 0 Å². The lowest BCUT2D eigenvalue weighted by atomic mass is 10.1. The van der Waals surface area contributed by atoms with Gasteiger partial charge in [-0.3, -0.25) is 4.90 Å². The van der Waals surface area contributed by atoms with E-state index < -0.39 is 0 Å². The highest BCUT2D eigenvalue weighted by Gasteiger charge is 2.19. The highest BCUT2D eigenvalue weighted by Crippen LogP contribution is 2.28. The van der Waals surface area contributed by atoms with Crippen LogP contribution in [0.25, 0.3) is 10.9 Å². The van der Waals surface area contributed by atoms with Gasteiger partial charge in [-0.15, -0.1) is 0 Å². The first-order chi connectivity index (χ1) is 13.6. The quantitative estimate of drug-likeness (QED) is 0.448. The van der Waals surface area contributed by atoms with Crippen LogP contribution in [-0.2, 0) is 13.0 Å². The van der Waals surface area contributed by atoms with Gasteiger partial charge < -0.3 is 9.67 Å². The Hall–Kier alpha value is -1.14. The molecule has 1 aliphatic rings. The van der Waals surface area contributed by atoms with E-state index in [1.807, 2.05) is 6.07 Å². The molecule has 1 aromatic heterocycles. The fourth-order valence-electron chi connectivity index (χ4n) is 4.17. The summed E-state index contributed by atoms with van der Waals surface area (Å²) in [5, 5.41) is 11.9. The Morgan fingerprint density at radius 2 is 1.75 bits per heavy atom. The molecular formula is C23H26Br2N2O. The first-order valence-corrected chi connectivity index (χ1v) is 11.6. The molecule has 3 aromatic rings. The van der Waals surface area contributed by atoms with Crippen LogP contribution in [0.15, 0.2) is 57.6 Å². The van der Waals surface area contributed by atoms with Crippen molar-refractivity contribution >= 4 is 42.8 Å². The van der Waals surface area contributed by atoms with Crippen molar-refractivity contribution in [3.8, 4) is 0 Å². The molecule has 1 N–H and O–H groups in total. The highest BCUT2D eigenvalue weighted by molar-refractivity contribution is 9.10. The Labute approximate surface area is 183 Å². The predicted octanol–water partition coefficient (Wildman–Crippen LogP) is 5.95. The second kappa shape index (κ2) is 9.12. The molecule has 0 spiro atoms. The first-order valence-electron chi connectivity index (χ1n) is 10.0. The number of rotatable bonds is 6. The van der Waals surface area contributed by atoms with Crippen molar-refractivity contribution in [3.63, 3.8) is 0 Å². The third-order valence-electron chi connectivity index (χ3n) is 5.71. The summed E-state index contributed by atoms with van der Waals surface area (Å²) in [7, 11) is 0. The molecule has 1 atom stereocenters. The van der Waals surface area contributed by atoms with Gasteiger partial charge in [-0.05, 0) is 61.1 Å². The zero-order chi connectivity index (χ0) is 19.5. The van der Waals surface area contributed by atoms with Crippen LogP contribution < -0.4 is 0 Å². The molecule has 1 saturated heterocycles. The number of piperidine rings is 1. The van der Waals surface area contributed by atoms with E-state index in [1.54, 1.807) is 0 Å². The summed E-state index contributed by atoms with van der Waals surface area (Å²) in [6.07, 6.45) is 7.28. The SMILES string of the molecule is OC(CCc1cn(Cc2ccccc2Br)c2ccc(Br)cc12)N1CCCCC1. The molecule has 4 rings (SSSR count). The average molecular weight is 506 g/mol. The van der Waals surface area contributed by atoms with E-state index in [0.717, 1.165) is 41.4 Å². The summed E-state index contributed by atoms with van der Waals surface area (Å²) >= 11 is 7.29. The summed E-state index contributed by atoms with van der Waals surface area (Å²) < 4.78 is 4.55. The van der Waals surface area contributed by atoms with E-state index in [0.29, 0.717) is 0 Å². The Morgan fingerprint density at radius 1 is 0.964 bits per heavy atom. The zero-order valence-electron chi connectivity index (χ0n) is 16.0. The van der Waals surface area contributed by atoms with Crippen LogP contribution in [0.5, 0.6) is 0 Å². The molecule has 1 unspecified atom stereocenters. The summed E-state index contributed by atoms with van der Waals surface area (Å²) in [6, 6.07) is 14.9. The summed E-state index contributed by atoms with van der Waals surface area (Å²) in [4.78, 5) is 2.24. The fourth-order valence-corrected chi connectivity index (χ4v) is 4.94. The number of hydrogen-bond acceptors (Lipinski definition) is 2. The van der Waals surface area contributed by atoms with Crippen molar-refractivity contribution in [1.82, 2.24) is 9.47 Å². The Morgan fingerprint density at radius 3 is 2.54 bits per heavy atom. The topological polar surface area (TPSA) is 28.4 Å². The van der Waals surface area contributed by atoms with E-state index >= 15 is 0 Å². The largest absolute Gasteiger partial charge is 0.378 e. The molecule has 28 heavy (non-hydrogen) atoms. The molecule has 2 heterocycles. The number of likely N-dealkylation sites (tertiary alicyclic amines) is 1. The first kappa shape index (κ1) is 20.1. The van der Waals surface area contributed by atoms with Crippen LogP contribution in [0.1, 0.15) is 36.8 Å². The third-order valence-corrected chi connectivity index (χ3v) is 6.98. The van der Waals surface area contributed by atoms with Gasteiger partial charge in [-0.1, -0.05) is 56.5 Å². The number of aryl methyl sites for hydroxylation is 1. The van der Waals surface area contributed by atoms with Crippen LogP contribution in [0.2, 0.25) is 0 Å². The monoisotopic (exact) mass is 504 g/mol. The maximum Gasteiger partial charge on any atom is 0.107 e. The van der Waals surface area contributed by atoms with Crippen molar-refractivity contribution in [3.05, 3.63) is 68.7 Å². The fraction of sp³-hybridized carbons (Fsp3) is 0.391. The van der Waals surface area contributed by atoms with Crippen LogP contribution in [0.3, 0.4) is 0 Å². The van der Waals surface area contributed by atoms with Crippen LogP contribution in [-0.4, -0.2) is 33.9 Å². The summed E-state index contributed by atoms with van der Waals surface area (Å²) in [6.45, 7) is 2.88. The van der Waals surface area contributed by atoms with Crippen molar-refractivity contribution in [2.75, 3.05) is 13.1 Å². The van der Waals surface area contributed by atoms with Gasteiger partial charge in [0.2, 0.25) is 0 Å². The molecule has 0 aliphatic carbocycles.